The van der Waals surface area contributed by atoms with E-state index in [0.29, 0.717) is 0 Å². The molecule has 0 aromatic carbocycles. The minimum absolute atomic E-state index is 0. The van der Waals surface area contributed by atoms with E-state index in [0.717, 1.165) is 48.0 Å². The van der Waals surface area contributed by atoms with E-state index in [9.17, 15) is 9.59 Å². The first-order valence-corrected chi connectivity index (χ1v) is 15.5. The predicted molar refractivity (Wildman–Crippen MR) is 179 cm³/mol. The standard InChI is InChI=1S/C36H54N2O2.Cr.N3/c1-33(2,3)25-17-23(31(39)27(19-25)35(7,8)9)21-37-29-15-13-14-16-30(29)38-22-24-18-26(34(4,5)6)20-28(32(24)40)36(10,11)12;;1-3-2/h17-22,29-30,37-38H,13-16H2,1-12H3;;/q;;-1/b23-21-,24-22-;;/t29-,30-;;/m0../s1. The Morgan fingerprint density at radius 3 is 1.16 bits per heavy atom. The van der Waals surface area contributed by atoms with Gasteiger partial charge < -0.3 is 21.7 Å². The van der Waals surface area contributed by atoms with Crippen LogP contribution in [0.25, 0.3) is 16.0 Å². The average Bonchev–Trinajstić information content (AvgIpc) is 2.85. The Morgan fingerprint density at radius 1 is 0.614 bits per heavy atom. The van der Waals surface area contributed by atoms with Gasteiger partial charge in [-0.25, -0.2) is 0 Å². The number of hydrogen-bond donors (Lipinski definition) is 2. The van der Waals surface area contributed by atoms with Gasteiger partial charge in [-0.15, -0.1) is 0 Å². The van der Waals surface area contributed by atoms with Crippen LogP contribution in [0.15, 0.2) is 70.1 Å². The zero-order valence-corrected chi connectivity index (χ0v) is 30.3. The van der Waals surface area contributed by atoms with Crippen LogP contribution >= 0.6 is 0 Å². The number of Topliss-reactive ketones (excluding diaryl/α,β-unsaturated/α-hetero) is 2. The van der Waals surface area contributed by atoms with E-state index in [-0.39, 0.29) is 62.7 Å². The summed E-state index contributed by atoms with van der Waals surface area (Å²) in [4.78, 5) is 28.5. The van der Waals surface area contributed by atoms with Crippen LogP contribution < -0.4 is 10.6 Å². The summed E-state index contributed by atoms with van der Waals surface area (Å²) >= 11 is 0. The number of hydrogen-bond acceptors (Lipinski definition) is 4. The fourth-order valence-electron chi connectivity index (χ4n) is 5.42. The minimum atomic E-state index is -0.228. The molecule has 3 rings (SSSR count). The van der Waals surface area contributed by atoms with E-state index in [2.05, 4.69) is 118 Å². The maximum Gasteiger partial charge on any atom is 0.191 e. The van der Waals surface area contributed by atoms with Crippen LogP contribution in [0.2, 0.25) is 0 Å². The molecule has 0 heterocycles. The first kappa shape index (κ1) is 39.2. The van der Waals surface area contributed by atoms with Crippen LogP contribution in [0.5, 0.6) is 0 Å². The van der Waals surface area contributed by atoms with E-state index in [1.54, 1.807) is 0 Å². The van der Waals surface area contributed by atoms with Crippen molar-refractivity contribution in [3.05, 3.63) is 86.1 Å². The number of ketones is 2. The third kappa shape index (κ3) is 10.4. The normalized spacial score (nSPS) is 23.3. The molecule has 0 aromatic heterocycles. The fraction of sp³-hybridized carbons (Fsp3) is 0.611. The molecule has 0 radical (unpaired) electrons. The molecular formula is C36H54CrN5O2-. The molecule has 44 heavy (non-hydrogen) atoms. The van der Waals surface area contributed by atoms with Crippen LogP contribution in [0, 0.1) is 21.7 Å². The van der Waals surface area contributed by atoms with Gasteiger partial charge in [0.15, 0.2) is 11.6 Å². The zero-order valence-electron chi connectivity index (χ0n) is 29.0. The molecule has 0 unspecified atom stereocenters. The van der Waals surface area contributed by atoms with Crippen molar-refractivity contribution in [3.8, 4) is 0 Å². The second-order valence-corrected chi connectivity index (χ2v) is 16.1. The van der Waals surface area contributed by atoms with Gasteiger partial charge in [-0.05, 0) is 57.8 Å². The summed E-state index contributed by atoms with van der Waals surface area (Å²) in [6.07, 6.45) is 16.5. The van der Waals surface area contributed by atoms with Gasteiger partial charge in [-0.3, -0.25) is 14.5 Å². The summed E-state index contributed by atoms with van der Waals surface area (Å²) in [5.74, 6) is 0.203. The van der Waals surface area contributed by atoms with Gasteiger partial charge in [-0.1, -0.05) is 108 Å². The molecule has 0 bridgehead atoms. The number of nitrogens with one attached hydrogen (secondary N) is 2. The van der Waals surface area contributed by atoms with Crippen LogP contribution in [0.4, 0.5) is 0 Å². The summed E-state index contributed by atoms with van der Waals surface area (Å²) in [6, 6.07) is 0.340. The summed E-state index contributed by atoms with van der Waals surface area (Å²) in [5.41, 5.74) is 18.4. The maximum absolute atomic E-state index is 13.5. The predicted octanol–water partition coefficient (Wildman–Crippen LogP) is 9.16. The molecule has 0 saturated heterocycles. The third-order valence-electron chi connectivity index (χ3n) is 8.26. The molecule has 0 aromatic rings. The average molecular weight is 641 g/mol. The molecule has 0 spiro atoms. The second kappa shape index (κ2) is 15.0. The molecule has 242 valence electrons. The third-order valence-corrected chi connectivity index (χ3v) is 8.26. The van der Waals surface area contributed by atoms with Gasteiger partial charge in [0.25, 0.3) is 0 Å². The van der Waals surface area contributed by atoms with Gasteiger partial charge in [-0.2, -0.15) is 0 Å². The van der Waals surface area contributed by atoms with Crippen molar-refractivity contribution in [2.45, 2.75) is 121 Å². The van der Waals surface area contributed by atoms with Gasteiger partial charge in [0.2, 0.25) is 0 Å². The number of allylic oxidation sites excluding steroid dienone is 10. The monoisotopic (exact) mass is 640 g/mol. The first-order chi connectivity index (χ1) is 19.6. The van der Waals surface area contributed by atoms with Crippen LogP contribution in [0.3, 0.4) is 0 Å². The van der Waals surface area contributed by atoms with Crippen molar-refractivity contribution in [1.82, 2.24) is 10.6 Å². The topological polar surface area (TPSA) is 117 Å². The molecule has 1 saturated carbocycles. The van der Waals surface area contributed by atoms with E-state index in [1.165, 1.54) is 16.1 Å². The van der Waals surface area contributed by atoms with E-state index < -0.39 is 0 Å². The molecule has 1 fully saturated rings. The van der Waals surface area contributed by atoms with E-state index in [4.69, 9.17) is 11.1 Å². The fourth-order valence-corrected chi connectivity index (χ4v) is 5.42. The Balaban J connectivity index is 0.00000232. The summed E-state index contributed by atoms with van der Waals surface area (Å²) in [7, 11) is 0. The summed E-state index contributed by atoms with van der Waals surface area (Å²) < 4.78 is 0. The second-order valence-electron chi connectivity index (χ2n) is 16.1. The maximum atomic E-state index is 13.5. The molecule has 0 aliphatic heterocycles. The largest absolute Gasteiger partial charge is 0.386 e. The molecule has 2 atom stereocenters. The van der Waals surface area contributed by atoms with Crippen molar-refractivity contribution >= 4 is 11.6 Å². The Morgan fingerprint density at radius 2 is 0.909 bits per heavy atom. The zero-order chi connectivity index (χ0) is 33.0. The quantitative estimate of drug-likeness (QED) is 0.138. The van der Waals surface area contributed by atoms with Crippen LogP contribution in [-0.4, -0.2) is 23.7 Å². The first-order valence-electron chi connectivity index (χ1n) is 15.5. The molecule has 0 amide bonds. The molecule has 2 N–H and O–H groups in total. The number of carbonyl (C=O) groups is 2. The number of nitrogens with zero attached hydrogens (tertiary/aromatic N) is 3. The molecule has 3 aliphatic carbocycles. The minimum Gasteiger partial charge on any atom is -0.386 e. The SMILES string of the molecule is CC(C)(C)C1=C/C(=C/N[C@H]2CCCC[C@@H]2N/C=C2/C=C(C(C)(C)C)C=C(C(C)(C)C)C2=O)C(=O)C(C(C)(C)C)=C1.[Cr].[N-]=[N+]=[N-]. The Hall–Kier alpha value is -2.78. The van der Waals surface area contributed by atoms with Gasteiger partial charge in [0.05, 0.1) is 0 Å². The van der Waals surface area contributed by atoms with Crippen LogP contribution in [0.1, 0.15) is 109 Å². The number of carbonyl (C=O) groups excluding carboxylic acids is 2. The van der Waals surface area contributed by atoms with Crippen LogP contribution in [-0.2, 0) is 27.0 Å². The summed E-state index contributed by atoms with van der Waals surface area (Å²) in [6.45, 7) is 25.8. The van der Waals surface area contributed by atoms with Gasteiger partial charge >= 0.3 is 0 Å². The van der Waals surface area contributed by atoms with E-state index in [1.807, 2.05) is 12.4 Å². The molecule has 3 aliphatic rings. The molecule has 7 nitrogen and oxygen atoms in total. The van der Waals surface area contributed by atoms with Gasteiger partial charge in [0, 0.05) is 64.1 Å². The Kier molecular flexibility index (Phi) is 13.4. The Bertz CT molecular complexity index is 1210. The van der Waals surface area contributed by atoms with E-state index >= 15 is 0 Å². The molecular weight excluding hydrogens is 586 g/mol. The smallest absolute Gasteiger partial charge is 0.191 e. The van der Waals surface area contributed by atoms with Crippen molar-refractivity contribution in [1.29, 1.82) is 0 Å². The molecule has 8 heteroatoms. The van der Waals surface area contributed by atoms with Crippen molar-refractivity contribution in [2.75, 3.05) is 0 Å². The summed E-state index contributed by atoms with van der Waals surface area (Å²) in [5, 5.41) is 7.25. The Labute approximate surface area is 277 Å². The van der Waals surface area contributed by atoms with Gasteiger partial charge in [0.1, 0.15) is 0 Å². The number of rotatable bonds is 4. The van der Waals surface area contributed by atoms with Crippen molar-refractivity contribution in [2.24, 2.45) is 21.7 Å². The van der Waals surface area contributed by atoms with Crippen molar-refractivity contribution in [3.63, 3.8) is 0 Å². The van der Waals surface area contributed by atoms with Crippen molar-refractivity contribution < 1.29 is 27.0 Å².